The number of ether oxygens (including phenoxy) is 6. The number of benzene rings is 7. The molecular formula is C94H134F7NO11S9+6. The summed E-state index contributed by atoms with van der Waals surface area (Å²) in [4.78, 5) is 10.5. The van der Waals surface area contributed by atoms with Crippen LogP contribution in [-0.4, -0.2) is 204 Å². The summed E-state index contributed by atoms with van der Waals surface area (Å²) in [7, 11) is -7.72. The third-order valence-corrected chi connectivity index (χ3v) is 39.6. The van der Waals surface area contributed by atoms with Crippen molar-refractivity contribution in [1.29, 1.82) is 0 Å². The summed E-state index contributed by atoms with van der Waals surface area (Å²) < 4.78 is 166. The summed E-state index contributed by atoms with van der Waals surface area (Å²) in [6.07, 6.45) is -0.569. The molecule has 0 aromatic heterocycles. The smallest absolute Gasteiger partial charge is 0.394 e. The Labute approximate surface area is 746 Å². The van der Waals surface area contributed by atoms with Crippen molar-refractivity contribution in [3.63, 3.8) is 0 Å². The standard InChI is InChI=1S/C15H23S.C14H21O2S.C14H21OS.C12H17S.C11H15OS.C10H12O2S.C10H13OS.C8H11F7NO4S2/c1-15(2,3)13-7-9-14(10-8-13)16-11-5-4-6-12-16;1-14(2,3)16-12-4-6-13(7-5-12)17-10-8-15-9-11-17;1-14(2,3)12-4-6-13(7-5-12)16-10-8-15-9-11-16;1-11-5-7-12(8-6-11)13-9-3-2-4-10-13;1-10-2-4-11(5-3-10)13-8-6-12-7-9-13;11-9-1-3-10(4-2-9)13-7-5-12-6-8-13;1-2-4-10(5-3-1)12-8-6-11-7-9-12;1-2-6(9,10)4-21(17,18)16-22(19,20)5-7(11,12)3-8(13,14)15/h7-10H,4-6,11-12H2,1-3H3;4-7H,8-11H2,1-3H3;4-7H,8-11H2,1-3H3;5-8H,2-4,9-10H2,1H3;2-5H,6-9H2,1H3;1-4H,5-8H2;1-5H,6-9H2;2-5H2,1H3/q5*+1;;+1;-1/p+1. The molecule has 0 saturated carbocycles. The van der Waals surface area contributed by atoms with Gasteiger partial charge in [-0.15, -0.1) is 0 Å². The van der Waals surface area contributed by atoms with E-state index in [4.69, 9.17) is 33.5 Å². The average Bonchev–Trinajstić information content (AvgIpc) is 0.802. The average molecular weight is 1880 g/mol. The molecule has 12 nitrogen and oxygen atoms in total. The first-order valence-electron chi connectivity index (χ1n) is 42.2. The number of alkyl halides is 7. The third-order valence-electron chi connectivity index (χ3n) is 19.9. The van der Waals surface area contributed by atoms with Crippen molar-refractivity contribution in [3.8, 4) is 11.5 Å². The van der Waals surface area contributed by atoms with E-state index < -0.39 is 62.4 Å². The lowest BCUT2D eigenvalue weighted by molar-refractivity contribution is -0.181. The Morgan fingerprint density at radius 1 is 0.344 bits per heavy atom. The molecule has 7 heterocycles. The first-order chi connectivity index (χ1) is 57.6. The zero-order valence-corrected chi connectivity index (χ0v) is 80.9. The molecule has 7 aromatic rings. The summed E-state index contributed by atoms with van der Waals surface area (Å²) in [5.74, 6) is 5.56. The zero-order chi connectivity index (χ0) is 89.0. The molecule has 678 valence electrons. The van der Waals surface area contributed by atoms with Gasteiger partial charge in [-0.05, 0) is 204 Å². The molecule has 0 amide bonds. The van der Waals surface area contributed by atoms with E-state index in [1.54, 1.807) is 21.9 Å². The number of phenolic OH excluding ortho intramolecular Hbond substituents is 1. The molecule has 1 N–H and O–H groups in total. The normalized spacial score (nSPS) is 18.1. The lowest BCUT2D eigenvalue weighted by atomic mass is 9.87. The topological polar surface area (TPSA) is 158 Å². The van der Waals surface area contributed by atoms with Crippen molar-refractivity contribution < 1.29 is 81.1 Å². The fourth-order valence-corrected chi connectivity index (χ4v) is 30.2. The highest BCUT2D eigenvalue weighted by Gasteiger charge is 2.46. The van der Waals surface area contributed by atoms with Gasteiger partial charge in [0.25, 0.3) is 11.8 Å². The number of nitrogens with zero attached hydrogens (tertiary/aromatic N) is 1. The fourth-order valence-electron chi connectivity index (χ4n) is 13.2. The van der Waals surface area contributed by atoms with Gasteiger partial charge in [0.05, 0.1) is 97.6 Å². The van der Waals surface area contributed by atoms with Gasteiger partial charge >= 0.3 is 6.18 Å². The van der Waals surface area contributed by atoms with Crippen molar-refractivity contribution in [2.24, 2.45) is 0 Å². The predicted octanol–water partition coefficient (Wildman–Crippen LogP) is 20.9. The van der Waals surface area contributed by atoms with Crippen LogP contribution in [0.25, 0.3) is 4.13 Å². The molecule has 7 aliphatic rings. The van der Waals surface area contributed by atoms with Crippen LogP contribution in [0.15, 0.2) is 210 Å². The van der Waals surface area contributed by atoms with Crippen LogP contribution >= 0.6 is 0 Å². The Hall–Kier alpha value is -4.24. The van der Waals surface area contributed by atoms with E-state index in [2.05, 4.69) is 228 Å². The molecular weight excluding hydrogens is 1740 g/mol. The van der Waals surface area contributed by atoms with Gasteiger partial charge in [-0.1, -0.05) is 126 Å². The van der Waals surface area contributed by atoms with Crippen molar-refractivity contribution >= 4 is 96.3 Å². The van der Waals surface area contributed by atoms with Crippen LogP contribution in [0.4, 0.5) is 30.7 Å². The van der Waals surface area contributed by atoms with Crippen molar-refractivity contribution in [2.75, 3.05) is 158 Å². The van der Waals surface area contributed by atoms with E-state index in [9.17, 15) is 47.6 Å². The molecule has 0 atom stereocenters. The number of aromatic hydroxyl groups is 1. The van der Waals surface area contributed by atoms with Crippen LogP contribution in [0.1, 0.15) is 143 Å². The molecule has 0 aliphatic carbocycles. The van der Waals surface area contributed by atoms with Gasteiger partial charge in [0.2, 0.25) is 0 Å². The fraction of sp³-hybridized carbons (Fsp3) is 0.553. The van der Waals surface area contributed by atoms with Gasteiger partial charge in [0.15, 0.2) is 34.3 Å². The SMILES string of the molecule is CC(C)(C)Oc1ccc([S+]2CCOCC2)cc1.CC(C)(C)c1ccc([S+]2CCCCC2)cc1.CC(C)(C)c1ccc([S+]2CCOCC2)cc1.CCC(F)(F)CS(=O)(=O)[N-]S(=O)(=O)CC(F)(F)CC(F)(F)F.Cc1ccc([S+]2CCCCC2)cc1.Cc1ccc([S+]2CCOCC2)cc1.Oc1ccc([S+]2CCOCC2)cc1.c1ccc([S+]2CCOCC2)cc1. The minimum Gasteiger partial charge on any atom is -0.508 e. The van der Waals surface area contributed by atoms with Crippen molar-refractivity contribution in [1.82, 2.24) is 0 Å². The predicted molar refractivity (Wildman–Crippen MR) is 505 cm³/mol. The largest absolute Gasteiger partial charge is 0.508 e. The number of hydrogen-bond acceptors (Lipinski definition) is 11. The van der Waals surface area contributed by atoms with Gasteiger partial charge < -0.3 is 37.7 Å². The number of aryl methyl sites for hydroxylation is 2. The molecule has 7 aliphatic heterocycles. The highest BCUT2D eigenvalue weighted by atomic mass is 32.3. The lowest BCUT2D eigenvalue weighted by Gasteiger charge is -2.26. The summed E-state index contributed by atoms with van der Waals surface area (Å²) in [5, 5.41) is 9.13. The zero-order valence-electron chi connectivity index (χ0n) is 73.6. The van der Waals surface area contributed by atoms with Gasteiger partial charge in [-0.25, -0.2) is 34.4 Å². The second-order valence-electron chi connectivity index (χ2n) is 33.5. The number of phenols is 1. The van der Waals surface area contributed by atoms with Crippen LogP contribution < -0.4 is 4.74 Å². The molecule has 0 unspecified atom stereocenters. The molecule has 0 spiro atoms. The lowest BCUT2D eigenvalue weighted by Crippen LogP contribution is -2.34. The Balaban J connectivity index is 0.000000193. The molecule has 0 radical (unpaired) electrons. The maximum Gasteiger partial charge on any atom is 0.394 e. The number of rotatable bonds is 16. The van der Waals surface area contributed by atoms with E-state index in [0.29, 0.717) is 82.0 Å². The Morgan fingerprint density at radius 2 is 0.598 bits per heavy atom. The monoisotopic (exact) mass is 1870 g/mol. The van der Waals surface area contributed by atoms with Crippen molar-refractivity contribution in [2.45, 2.75) is 203 Å². The minimum absolute atomic E-state index is 0.123. The summed E-state index contributed by atoms with van der Waals surface area (Å²) in [6, 6.07) is 63.6. The number of hydrogen-bond donors (Lipinski definition) is 1. The van der Waals surface area contributed by atoms with E-state index in [-0.39, 0.29) is 16.4 Å². The highest BCUT2D eigenvalue weighted by Crippen LogP contribution is 2.36. The summed E-state index contributed by atoms with van der Waals surface area (Å²) >= 11 is 0. The van der Waals surface area contributed by atoms with Gasteiger partial charge in [0, 0.05) is 82.7 Å². The summed E-state index contributed by atoms with van der Waals surface area (Å²) in [6.45, 7) is 34.2. The first kappa shape index (κ1) is 105. The Bertz CT molecular complexity index is 4060. The summed E-state index contributed by atoms with van der Waals surface area (Å²) in [5.41, 5.74) is 6.03. The number of halogens is 7. The van der Waals surface area contributed by atoms with Crippen LogP contribution in [0.5, 0.6) is 11.5 Å². The second kappa shape index (κ2) is 51.8. The van der Waals surface area contributed by atoms with Crippen LogP contribution in [0, 0.1) is 13.8 Å². The molecule has 14 rings (SSSR count). The Kier molecular flexibility index (Phi) is 44.5. The van der Waals surface area contributed by atoms with Crippen LogP contribution in [0.3, 0.4) is 0 Å². The molecule has 0 bridgehead atoms. The van der Waals surface area contributed by atoms with Crippen LogP contribution in [0.2, 0.25) is 0 Å². The van der Waals surface area contributed by atoms with Gasteiger partial charge in [-0.2, -0.15) is 13.2 Å². The molecule has 122 heavy (non-hydrogen) atoms. The molecule has 7 fully saturated rings. The van der Waals surface area contributed by atoms with E-state index in [0.717, 1.165) is 90.2 Å². The maximum absolute atomic E-state index is 12.9. The van der Waals surface area contributed by atoms with Gasteiger partial charge in [-0.3, -0.25) is 0 Å². The van der Waals surface area contributed by atoms with E-state index >= 15 is 0 Å². The molecule has 7 aromatic carbocycles. The van der Waals surface area contributed by atoms with Crippen LogP contribution in [-0.2, 0) is 131 Å². The van der Waals surface area contributed by atoms with Crippen molar-refractivity contribution in [3.05, 3.63) is 202 Å². The molecule has 7 saturated heterocycles. The quantitative estimate of drug-likeness (QED) is 0.0725. The second-order valence-corrected chi connectivity index (χ2v) is 53.0. The highest BCUT2D eigenvalue weighted by molar-refractivity contribution is 8.12. The van der Waals surface area contributed by atoms with E-state index in [1.165, 1.54) is 154 Å². The Morgan fingerprint density at radius 3 is 0.869 bits per heavy atom. The molecule has 28 heteroatoms. The minimum atomic E-state index is -5.60. The van der Waals surface area contributed by atoms with E-state index in [1.807, 2.05) is 16.3 Å². The van der Waals surface area contributed by atoms with Gasteiger partial charge in [0.1, 0.15) is 104 Å². The number of sulfonamides is 2. The first-order valence-corrected chi connectivity index (χ1v) is 56.4. The maximum atomic E-state index is 12.9. The third kappa shape index (κ3) is 41.5.